The monoisotopic (exact) mass is 346 g/mol. The van der Waals surface area contributed by atoms with E-state index in [-0.39, 0.29) is 28.9 Å². The lowest BCUT2D eigenvalue weighted by molar-refractivity contribution is 0.0698. The van der Waals surface area contributed by atoms with E-state index in [1.54, 1.807) is 0 Å². The highest BCUT2D eigenvalue weighted by Gasteiger charge is 2.40. The van der Waals surface area contributed by atoms with Gasteiger partial charge in [-0.15, -0.1) is 0 Å². The number of hydrogen-bond donors (Lipinski definition) is 2. The van der Waals surface area contributed by atoms with E-state index in [1.807, 2.05) is 0 Å². The molecule has 2 aliphatic rings. The molecule has 2 aliphatic carbocycles. The summed E-state index contributed by atoms with van der Waals surface area (Å²) in [6.07, 6.45) is 4.66. The van der Waals surface area contributed by atoms with Gasteiger partial charge in [-0.3, -0.25) is 0 Å². The summed E-state index contributed by atoms with van der Waals surface area (Å²) in [4.78, 5) is 11.8. The van der Waals surface area contributed by atoms with Crippen molar-refractivity contribution in [1.82, 2.24) is 5.16 Å². The molecule has 0 spiro atoms. The number of fused-ring (bicyclic) bond motifs is 2. The number of carboxylic acid groups (broad SMARTS) is 1. The Balaban J connectivity index is 1.67. The minimum Gasteiger partial charge on any atom is -0.494 e. The van der Waals surface area contributed by atoms with Crippen LogP contribution in [0.1, 0.15) is 36.0 Å². The smallest absolute Gasteiger partial charge is 0.343 e. The van der Waals surface area contributed by atoms with E-state index in [0.717, 1.165) is 12.3 Å². The molecular weight excluding hydrogens is 327 g/mol. The zero-order valence-electron chi connectivity index (χ0n) is 13.8. The highest BCUT2D eigenvalue weighted by atomic mass is 19.1. The lowest BCUT2D eigenvalue weighted by Crippen LogP contribution is -2.26. The summed E-state index contributed by atoms with van der Waals surface area (Å²) >= 11 is 0. The number of carboxylic acids is 1. The van der Waals surface area contributed by atoms with Crippen LogP contribution in [0.2, 0.25) is 0 Å². The predicted octanol–water partition coefficient (Wildman–Crippen LogP) is 3.79. The number of benzene rings is 1. The molecule has 2 bridgehead atoms. The molecule has 2 aromatic rings. The number of nitrogens with one attached hydrogen (secondary N) is 1. The van der Waals surface area contributed by atoms with Crippen molar-refractivity contribution in [2.75, 3.05) is 12.4 Å². The van der Waals surface area contributed by atoms with Crippen LogP contribution in [0.4, 0.5) is 10.2 Å². The van der Waals surface area contributed by atoms with Gasteiger partial charge in [0.25, 0.3) is 0 Å². The zero-order valence-corrected chi connectivity index (χ0v) is 13.8. The van der Waals surface area contributed by atoms with Crippen molar-refractivity contribution in [2.24, 2.45) is 11.8 Å². The average Bonchev–Trinajstić information content (AvgIpc) is 3.30. The number of aromatic carboxylic acids is 1. The Labute approximate surface area is 144 Å². The van der Waals surface area contributed by atoms with E-state index in [2.05, 4.69) is 10.5 Å². The van der Waals surface area contributed by atoms with Crippen LogP contribution in [0.3, 0.4) is 0 Å². The summed E-state index contributed by atoms with van der Waals surface area (Å²) in [5, 5.41) is 16.8. The number of anilines is 1. The summed E-state index contributed by atoms with van der Waals surface area (Å²) in [5.41, 5.74) is 0.376. The number of ether oxygens (including phenoxy) is 1. The molecule has 132 valence electrons. The van der Waals surface area contributed by atoms with Gasteiger partial charge in [0.05, 0.1) is 7.11 Å². The molecule has 1 aromatic heterocycles. The summed E-state index contributed by atoms with van der Waals surface area (Å²) in [6.45, 7) is 0. The first-order valence-electron chi connectivity index (χ1n) is 8.40. The molecule has 0 unspecified atom stereocenters. The van der Waals surface area contributed by atoms with Crippen LogP contribution in [0.5, 0.6) is 5.75 Å². The summed E-state index contributed by atoms with van der Waals surface area (Å²) in [7, 11) is 1.35. The van der Waals surface area contributed by atoms with E-state index >= 15 is 0 Å². The highest BCUT2D eigenvalue weighted by Crippen LogP contribution is 2.46. The minimum atomic E-state index is -1.13. The summed E-state index contributed by atoms with van der Waals surface area (Å²) < 4.78 is 23.9. The van der Waals surface area contributed by atoms with E-state index in [0.29, 0.717) is 11.5 Å². The fourth-order valence-corrected chi connectivity index (χ4v) is 4.18. The normalized spacial score (nSPS) is 24.5. The molecule has 1 aromatic carbocycles. The topological polar surface area (TPSA) is 84.6 Å². The van der Waals surface area contributed by atoms with Crippen molar-refractivity contribution in [1.29, 1.82) is 0 Å². The Bertz CT molecular complexity index is 819. The van der Waals surface area contributed by atoms with Crippen LogP contribution in [-0.4, -0.2) is 29.4 Å². The van der Waals surface area contributed by atoms with Gasteiger partial charge >= 0.3 is 5.97 Å². The van der Waals surface area contributed by atoms with Gasteiger partial charge in [0, 0.05) is 11.6 Å². The molecule has 0 saturated heterocycles. The molecule has 3 atom stereocenters. The van der Waals surface area contributed by atoms with Crippen molar-refractivity contribution < 1.29 is 23.6 Å². The Kier molecular flexibility index (Phi) is 3.86. The maximum Gasteiger partial charge on any atom is 0.343 e. The maximum absolute atomic E-state index is 13.6. The third-order valence-electron chi connectivity index (χ3n) is 5.38. The van der Waals surface area contributed by atoms with Crippen molar-refractivity contribution >= 4 is 11.8 Å². The second-order valence-corrected chi connectivity index (χ2v) is 6.82. The van der Waals surface area contributed by atoms with Gasteiger partial charge in [0.1, 0.15) is 0 Å². The second-order valence-electron chi connectivity index (χ2n) is 6.82. The lowest BCUT2D eigenvalue weighted by Gasteiger charge is -2.22. The van der Waals surface area contributed by atoms with E-state index in [9.17, 15) is 14.3 Å². The molecule has 2 N–H and O–H groups in total. The lowest BCUT2D eigenvalue weighted by atomic mass is 9.95. The van der Waals surface area contributed by atoms with E-state index < -0.39 is 11.8 Å². The largest absolute Gasteiger partial charge is 0.494 e. The number of carbonyl (C=O) groups is 1. The molecule has 2 saturated carbocycles. The standard InChI is InChI=1S/C18H19FN2O4/c1-24-14-8-11(4-5-12(14)19)16-15(18(22)23)17(21-25-16)20-13-7-9-2-3-10(13)6-9/h4-5,8-10,13H,2-3,6-7H2,1H3,(H,20,21)(H,22,23)/t9-,10+,13-/m1/s1. The first-order chi connectivity index (χ1) is 12.1. The first-order valence-corrected chi connectivity index (χ1v) is 8.40. The van der Waals surface area contributed by atoms with Crippen LogP contribution in [0.15, 0.2) is 22.7 Å². The van der Waals surface area contributed by atoms with Crippen LogP contribution in [-0.2, 0) is 0 Å². The molecule has 25 heavy (non-hydrogen) atoms. The molecule has 0 radical (unpaired) electrons. The number of hydrogen-bond acceptors (Lipinski definition) is 5. The average molecular weight is 346 g/mol. The first kappa shape index (κ1) is 15.9. The predicted molar refractivity (Wildman–Crippen MR) is 88.3 cm³/mol. The third kappa shape index (κ3) is 2.73. The molecule has 1 heterocycles. The summed E-state index contributed by atoms with van der Waals surface area (Å²) in [5.74, 6) is -0.0120. The fraction of sp³-hybridized carbons (Fsp3) is 0.444. The molecule has 6 nitrogen and oxygen atoms in total. The van der Waals surface area contributed by atoms with Crippen molar-refractivity contribution in [3.05, 3.63) is 29.6 Å². The van der Waals surface area contributed by atoms with Crippen molar-refractivity contribution in [2.45, 2.75) is 31.7 Å². The summed E-state index contributed by atoms with van der Waals surface area (Å²) in [6, 6.07) is 4.30. The Hall–Kier alpha value is -2.57. The van der Waals surface area contributed by atoms with E-state index in [4.69, 9.17) is 9.26 Å². The molecule has 0 aliphatic heterocycles. The van der Waals surface area contributed by atoms with E-state index in [1.165, 1.54) is 44.6 Å². The van der Waals surface area contributed by atoms with Gasteiger partial charge in [-0.05, 0) is 49.3 Å². The maximum atomic E-state index is 13.6. The fourth-order valence-electron chi connectivity index (χ4n) is 4.18. The molecule has 2 fully saturated rings. The number of aromatic nitrogens is 1. The van der Waals surface area contributed by atoms with Gasteiger partial charge in [0.2, 0.25) is 0 Å². The zero-order chi connectivity index (χ0) is 17.6. The third-order valence-corrected chi connectivity index (χ3v) is 5.38. The van der Waals surface area contributed by atoms with Gasteiger partial charge < -0.3 is 19.7 Å². The van der Waals surface area contributed by atoms with Gasteiger partial charge in [-0.2, -0.15) is 0 Å². The van der Waals surface area contributed by atoms with Crippen LogP contribution < -0.4 is 10.1 Å². The highest BCUT2D eigenvalue weighted by molar-refractivity contribution is 5.99. The second kappa shape index (κ2) is 6.06. The number of rotatable bonds is 5. The van der Waals surface area contributed by atoms with Crippen LogP contribution in [0.25, 0.3) is 11.3 Å². The number of nitrogens with zero attached hydrogens (tertiary/aromatic N) is 1. The number of methoxy groups -OCH3 is 1. The van der Waals surface area contributed by atoms with Gasteiger partial charge in [-0.25, -0.2) is 9.18 Å². The Morgan fingerprint density at radius 2 is 2.24 bits per heavy atom. The number of halogens is 1. The Morgan fingerprint density at radius 3 is 2.88 bits per heavy atom. The molecular formula is C18H19FN2O4. The molecule has 4 rings (SSSR count). The van der Waals surface area contributed by atoms with Crippen molar-refractivity contribution in [3.8, 4) is 17.1 Å². The quantitative estimate of drug-likeness (QED) is 0.857. The van der Waals surface area contributed by atoms with Crippen LogP contribution in [0, 0.1) is 17.7 Å². The molecule has 0 amide bonds. The minimum absolute atomic E-state index is 0.0212. The molecule has 7 heteroatoms. The van der Waals surface area contributed by atoms with Crippen molar-refractivity contribution in [3.63, 3.8) is 0 Å². The van der Waals surface area contributed by atoms with Gasteiger partial charge in [0.15, 0.2) is 28.7 Å². The Morgan fingerprint density at radius 1 is 1.40 bits per heavy atom. The van der Waals surface area contributed by atoms with Gasteiger partial charge in [-0.1, -0.05) is 11.6 Å². The SMILES string of the molecule is COc1cc(-c2onc(N[C@@H]3C[C@@H]4CC[C@H]3C4)c2C(=O)O)ccc1F. The van der Waals surface area contributed by atoms with Crippen LogP contribution >= 0.6 is 0 Å².